The second-order valence-corrected chi connectivity index (χ2v) is 9.45. The third-order valence-electron chi connectivity index (χ3n) is 6.71. The van der Waals surface area contributed by atoms with E-state index in [4.69, 9.17) is 30.2 Å². The minimum atomic E-state index is -0.637. The van der Waals surface area contributed by atoms with Crippen LogP contribution in [0.1, 0.15) is 0 Å². The Bertz CT molecular complexity index is 1550. The summed E-state index contributed by atoms with van der Waals surface area (Å²) in [6.07, 6.45) is 1.49. The van der Waals surface area contributed by atoms with Gasteiger partial charge in [0.05, 0.1) is 35.6 Å². The molecule has 0 aliphatic carbocycles. The molecule has 186 valence electrons. The van der Waals surface area contributed by atoms with E-state index in [1.54, 1.807) is 18.5 Å². The van der Waals surface area contributed by atoms with Crippen LogP contribution >= 0.6 is 11.6 Å². The first kappa shape index (κ1) is 22.4. The molecule has 2 fully saturated rings. The summed E-state index contributed by atoms with van der Waals surface area (Å²) in [5, 5.41) is 10.4. The second-order valence-electron chi connectivity index (χ2n) is 9.04. The number of nitrogens with zero attached hydrogens (tertiary/aromatic N) is 3. The summed E-state index contributed by atoms with van der Waals surface area (Å²) in [5.41, 5.74) is 5.71. The number of aliphatic hydroxyl groups is 1. The van der Waals surface area contributed by atoms with Crippen LogP contribution in [-0.4, -0.2) is 62.7 Å². The molecule has 0 amide bonds. The summed E-state index contributed by atoms with van der Waals surface area (Å²) >= 11 is 6.60. The number of aromatic amines is 1. The van der Waals surface area contributed by atoms with E-state index in [1.807, 2.05) is 48.5 Å². The monoisotopic (exact) mass is 516 g/mol. The van der Waals surface area contributed by atoms with Crippen LogP contribution in [-0.2, 0) is 9.47 Å². The summed E-state index contributed by atoms with van der Waals surface area (Å²) in [4.78, 5) is 16.5. The van der Waals surface area contributed by atoms with Gasteiger partial charge in [-0.25, -0.2) is 9.97 Å². The van der Waals surface area contributed by atoms with Crippen molar-refractivity contribution >= 4 is 22.8 Å². The lowest BCUT2D eigenvalue weighted by molar-refractivity contribution is 0.00706. The highest BCUT2D eigenvalue weighted by molar-refractivity contribution is 6.33. The lowest BCUT2D eigenvalue weighted by Gasteiger charge is -2.15. The van der Waals surface area contributed by atoms with Crippen LogP contribution in [0.25, 0.3) is 45.0 Å². The van der Waals surface area contributed by atoms with Gasteiger partial charge in [0.15, 0.2) is 11.8 Å². The lowest BCUT2D eigenvalue weighted by Crippen LogP contribution is -2.34. The molecule has 2 aromatic carbocycles. The molecule has 4 atom stereocenters. The molecule has 10 heteroatoms. The van der Waals surface area contributed by atoms with Gasteiger partial charge in [-0.15, -0.1) is 0 Å². The number of aliphatic hydroxyl groups excluding tert-OH is 1. The zero-order valence-electron chi connectivity index (χ0n) is 19.4. The van der Waals surface area contributed by atoms with Crippen molar-refractivity contribution in [1.82, 2.24) is 19.9 Å². The Labute approximate surface area is 216 Å². The Hall–Kier alpha value is -3.76. The zero-order chi connectivity index (χ0) is 24.9. The molecule has 0 saturated carbocycles. The van der Waals surface area contributed by atoms with Gasteiger partial charge >= 0.3 is 0 Å². The van der Waals surface area contributed by atoms with Crippen molar-refractivity contribution in [2.24, 2.45) is 0 Å². The molecule has 2 aliphatic heterocycles. The number of halogens is 1. The van der Waals surface area contributed by atoms with Gasteiger partial charge in [-0.2, -0.15) is 4.98 Å². The summed E-state index contributed by atoms with van der Waals surface area (Å²) in [7, 11) is 0. The van der Waals surface area contributed by atoms with Gasteiger partial charge in [0.1, 0.15) is 24.6 Å². The molecular weight excluding hydrogens is 496 g/mol. The quantitative estimate of drug-likeness (QED) is 0.350. The molecule has 0 spiro atoms. The van der Waals surface area contributed by atoms with Gasteiger partial charge in [0, 0.05) is 11.1 Å². The fourth-order valence-corrected chi connectivity index (χ4v) is 5.09. The number of H-pyrrole nitrogens is 1. The topological polar surface area (TPSA) is 116 Å². The van der Waals surface area contributed by atoms with Gasteiger partial charge < -0.3 is 28.7 Å². The van der Waals surface area contributed by atoms with Gasteiger partial charge in [-0.05, 0) is 29.3 Å². The third kappa shape index (κ3) is 4.06. The predicted molar refractivity (Wildman–Crippen MR) is 135 cm³/mol. The van der Waals surface area contributed by atoms with E-state index in [1.165, 1.54) is 0 Å². The summed E-state index contributed by atoms with van der Waals surface area (Å²) in [6, 6.07) is 18.2. The van der Waals surface area contributed by atoms with Crippen molar-refractivity contribution in [3.63, 3.8) is 0 Å². The van der Waals surface area contributed by atoms with E-state index in [0.29, 0.717) is 40.4 Å². The Balaban J connectivity index is 1.11. The molecule has 2 saturated heterocycles. The third-order valence-corrected chi connectivity index (χ3v) is 6.99. The first-order valence-electron chi connectivity index (χ1n) is 11.9. The van der Waals surface area contributed by atoms with Gasteiger partial charge in [0.2, 0.25) is 5.89 Å². The number of fused-ring (bicyclic) bond motifs is 2. The first-order valence-corrected chi connectivity index (χ1v) is 12.2. The molecule has 5 aromatic rings. The number of rotatable bonds is 5. The van der Waals surface area contributed by atoms with Gasteiger partial charge in [-0.3, -0.25) is 0 Å². The summed E-state index contributed by atoms with van der Waals surface area (Å²) < 4.78 is 22.6. The van der Waals surface area contributed by atoms with E-state index in [9.17, 15) is 5.11 Å². The van der Waals surface area contributed by atoms with E-state index >= 15 is 0 Å². The smallest absolute Gasteiger partial charge is 0.296 e. The maximum absolute atomic E-state index is 9.94. The number of ether oxygens (including phenoxy) is 3. The van der Waals surface area contributed by atoms with E-state index in [-0.39, 0.29) is 24.9 Å². The Morgan fingerprint density at radius 3 is 2.32 bits per heavy atom. The lowest BCUT2D eigenvalue weighted by atomic mass is 10.0. The zero-order valence-corrected chi connectivity index (χ0v) is 20.1. The fraction of sp³-hybridized carbons (Fsp3) is 0.222. The molecule has 9 nitrogen and oxygen atoms in total. The van der Waals surface area contributed by atoms with Crippen LogP contribution in [0.4, 0.5) is 0 Å². The van der Waals surface area contributed by atoms with Crippen LogP contribution in [0.15, 0.2) is 71.5 Å². The van der Waals surface area contributed by atoms with E-state index in [2.05, 4.69) is 19.9 Å². The van der Waals surface area contributed by atoms with Gasteiger partial charge in [0.25, 0.3) is 6.01 Å². The minimum Gasteiger partial charge on any atom is -0.456 e. The second kappa shape index (κ2) is 8.97. The molecule has 7 rings (SSSR count). The number of imidazole rings is 1. The van der Waals surface area contributed by atoms with Crippen molar-refractivity contribution in [1.29, 1.82) is 0 Å². The number of oxazole rings is 1. The number of aromatic nitrogens is 4. The van der Waals surface area contributed by atoms with Crippen molar-refractivity contribution in [2.45, 2.75) is 24.4 Å². The first-order chi connectivity index (χ1) is 18.1. The van der Waals surface area contributed by atoms with Crippen molar-refractivity contribution < 1.29 is 23.7 Å². The highest BCUT2D eigenvalue weighted by Crippen LogP contribution is 2.33. The van der Waals surface area contributed by atoms with Gasteiger partial charge in [-0.1, -0.05) is 48.0 Å². The molecule has 5 heterocycles. The number of benzene rings is 2. The molecule has 0 bridgehead atoms. The molecule has 37 heavy (non-hydrogen) atoms. The van der Waals surface area contributed by atoms with Crippen LogP contribution in [0.3, 0.4) is 0 Å². The SMILES string of the molecule is O[C@@H]1CO[C@H]2[C@@H]1OC[C@H]2Oc1nc2nc(-c3ccc(-c4ccc(-c5ncco5)cc4)cc3)c(Cl)cc2[nH]1. The van der Waals surface area contributed by atoms with E-state index < -0.39 is 6.10 Å². The molecular formula is C27H21ClN4O5. The molecule has 0 unspecified atom stereocenters. The predicted octanol–water partition coefficient (Wildman–Crippen LogP) is 4.51. The van der Waals surface area contributed by atoms with Crippen LogP contribution < -0.4 is 4.74 Å². The molecule has 2 N–H and O–H groups in total. The normalized spacial score (nSPS) is 23.0. The highest BCUT2D eigenvalue weighted by Gasteiger charge is 2.48. The largest absolute Gasteiger partial charge is 0.456 e. The Morgan fingerprint density at radius 1 is 0.892 bits per heavy atom. The van der Waals surface area contributed by atoms with Crippen molar-refractivity contribution in [3.05, 3.63) is 72.1 Å². The fourth-order valence-electron chi connectivity index (χ4n) is 4.83. The average Bonchev–Trinajstić information content (AvgIpc) is 3.71. The number of nitrogens with one attached hydrogen (secondary N) is 1. The van der Waals surface area contributed by atoms with Crippen LogP contribution in [0.2, 0.25) is 5.02 Å². The van der Waals surface area contributed by atoms with Crippen molar-refractivity contribution in [3.8, 4) is 39.8 Å². The number of hydrogen-bond acceptors (Lipinski definition) is 8. The Kier molecular flexibility index (Phi) is 5.44. The highest BCUT2D eigenvalue weighted by atomic mass is 35.5. The standard InChI is InChI=1S/C27H21ClN4O5/c28-18-11-19-25(32-27(30-19)37-21-13-36-23-20(33)12-35-24(21)23)31-22(18)16-5-1-14(2-6-16)15-3-7-17(8-4-15)26-29-9-10-34-26/h1-11,20-21,23-24,33H,12-13H2,(H,30,31,32)/t20-,21-,23-,24-/m1/s1. The number of hydrogen-bond donors (Lipinski definition) is 2. The van der Waals surface area contributed by atoms with E-state index in [0.717, 1.165) is 22.3 Å². The van der Waals surface area contributed by atoms with Crippen molar-refractivity contribution in [2.75, 3.05) is 13.2 Å². The molecule has 3 aromatic heterocycles. The van der Waals surface area contributed by atoms with Crippen LogP contribution in [0.5, 0.6) is 6.01 Å². The summed E-state index contributed by atoms with van der Waals surface area (Å²) in [5.74, 6) is 0.594. The molecule has 2 aliphatic rings. The number of pyridine rings is 1. The van der Waals surface area contributed by atoms with Crippen LogP contribution in [0, 0.1) is 0 Å². The maximum Gasteiger partial charge on any atom is 0.296 e. The average molecular weight is 517 g/mol. The molecule has 0 radical (unpaired) electrons. The maximum atomic E-state index is 9.94. The minimum absolute atomic E-state index is 0.238. The summed E-state index contributed by atoms with van der Waals surface area (Å²) in [6.45, 7) is 0.556. The Morgan fingerprint density at radius 2 is 1.59 bits per heavy atom.